The van der Waals surface area contributed by atoms with E-state index in [0.717, 1.165) is 11.1 Å². The van der Waals surface area contributed by atoms with Crippen LogP contribution in [0.3, 0.4) is 0 Å². The third kappa shape index (κ3) is 1.11. The molecule has 0 aromatic carbocycles. The van der Waals surface area contributed by atoms with Crippen LogP contribution in [0.1, 0.15) is 6.92 Å². The van der Waals surface area contributed by atoms with Gasteiger partial charge in [-0.1, -0.05) is 24.8 Å². The van der Waals surface area contributed by atoms with E-state index in [0.29, 0.717) is 0 Å². The molecule has 1 aliphatic rings. The van der Waals surface area contributed by atoms with Gasteiger partial charge in [0, 0.05) is 0 Å². The van der Waals surface area contributed by atoms with Gasteiger partial charge in [-0.3, -0.25) is 0 Å². The number of allylic oxidation sites excluding steroid dienone is 2. The van der Waals surface area contributed by atoms with Crippen molar-refractivity contribution in [2.24, 2.45) is 0 Å². The number of hydrogen-bond donors (Lipinski definition) is 1. The lowest BCUT2D eigenvalue weighted by Gasteiger charge is -2.12. The van der Waals surface area contributed by atoms with Gasteiger partial charge in [0.1, 0.15) is 0 Å². The van der Waals surface area contributed by atoms with Crippen LogP contribution in [0.5, 0.6) is 0 Å². The molecule has 1 atom stereocenters. The number of hydrogen-bond acceptors (Lipinski definition) is 1. The van der Waals surface area contributed by atoms with Gasteiger partial charge in [-0.2, -0.15) is 0 Å². The van der Waals surface area contributed by atoms with E-state index < -0.39 is 6.10 Å². The molecule has 0 amide bonds. The lowest BCUT2D eigenvalue weighted by Crippen LogP contribution is -2.08. The lowest BCUT2D eigenvalue weighted by molar-refractivity contribution is 0.261. The van der Waals surface area contributed by atoms with E-state index >= 15 is 0 Å². The molecule has 0 fully saturated rings. The predicted octanol–water partition coefficient (Wildman–Crippen LogP) is 1.42. The van der Waals surface area contributed by atoms with E-state index in [1.807, 2.05) is 19.1 Å². The van der Waals surface area contributed by atoms with Crippen molar-refractivity contribution in [3.8, 4) is 0 Å². The summed E-state index contributed by atoms with van der Waals surface area (Å²) in [5.41, 5.74) is 1.86. The largest absolute Gasteiger partial charge is 0.384 e. The fraction of sp³-hybridized carbons (Fsp3) is 0.250. The van der Waals surface area contributed by atoms with E-state index in [1.54, 1.807) is 6.08 Å². The minimum atomic E-state index is -0.463. The van der Waals surface area contributed by atoms with Crippen LogP contribution in [0, 0.1) is 0 Å². The summed E-state index contributed by atoms with van der Waals surface area (Å²) in [5.74, 6) is 0. The van der Waals surface area contributed by atoms with Gasteiger partial charge in [0.05, 0.1) is 6.10 Å². The summed E-state index contributed by atoms with van der Waals surface area (Å²) in [6, 6.07) is 0. The fourth-order valence-corrected chi connectivity index (χ4v) is 0.762. The maximum Gasteiger partial charge on any atom is 0.0971 e. The summed E-state index contributed by atoms with van der Waals surface area (Å²) in [6.45, 7) is 5.65. The lowest BCUT2D eigenvalue weighted by atomic mass is 9.99. The van der Waals surface area contributed by atoms with E-state index in [2.05, 4.69) is 6.58 Å². The van der Waals surface area contributed by atoms with Crippen molar-refractivity contribution in [3.63, 3.8) is 0 Å². The second kappa shape index (κ2) is 2.19. The summed E-state index contributed by atoms with van der Waals surface area (Å²) in [5, 5.41) is 9.12. The standard InChI is InChI=1S/C8H10O/c1-6-4-3-5-8(9)7(6)2/h3-5,8-9H,2H2,1H3/t8-/m0/s1. The molecule has 0 aromatic heterocycles. The van der Waals surface area contributed by atoms with Crippen LogP contribution in [0.2, 0.25) is 0 Å². The SMILES string of the molecule is C=C1C(C)=CC=C[C@@H]1O. The van der Waals surface area contributed by atoms with Crippen molar-refractivity contribution in [1.29, 1.82) is 0 Å². The molecule has 0 radical (unpaired) electrons. The maximum atomic E-state index is 9.12. The Balaban J connectivity index is 2.86. The monoisotopic (exact) mass is 122 g/mol. The van der Waals surface area contributed by atoms with Gasteiger partial charge in [0.15, 0.2) is 0 Å². The van der Waals surface area contributed by atoms with Crippen LogP contribution >= 0.6 is 0 Å². The van der Waals surface area contributed by atoms with Gasteiger partial charge < -0.3 is 5.11 Å². The van der Waals surface area contributed by atoms with E-state index in [4.69, 9.17) is 5.11 Å². The number of aliphatic hydroxyl groups is 1. The van der Waals surface area contributed by atoms with E-state index in [9.17, 15) is 0 Å². The van der Waals surface area contributed by atoms with Crippen molar-refractivity contribution >= 4 is 0 Å². The van der Waals surface area contributed by atoms with Crippen LogP contribution < -0.4 is 0 Å². The zero-order valence-electron chi connectivity index (χ0n) is 5.46. The minimum Gasteiger partial charge on any atom is -0.384 e. The first-order valence-electron chi connectivity index (χ1n) is 2.94. The first-order valence-corrected chi connectivity index (χ1v) is 2.94. The summed E-state index contributed by atoms with van der Waals surface area (Å²) in [4.78, 5) is 0. The highest BCUT2D eigenvalue weighted by molar-refractivity contribution is 5.39. The molecule has 0 saturated heterocycles. The van der Waals surface area contributed by atoms with Crippen LogP contribution in [0.25, 0.3) is 0 Å². The molecule has 0 heterocycles. The Morgan fingerprint density at radius 2 is 2.33 bits per heavy atom. The average molecular weight is 122 g/mol. The summed E-state index contributed by atoms with van der Waals surface area (Å²) in [6.07, 6.45) is 5.04. The Morgan fingerprint density at radius 1 is 1.67 bits per heavy atom. The van der Waals surface area contributed by atoms with Gasteiger partial charge in [0.25, 0.3) is 0 Å². The molecule has 1 rings (SSSR count). The van der Waals surface area contributed by atoms with Gasteiger partial charge in [0.2, 0.25) is 0 Å². The van der Waals surface area contributed by atoms with Crippen molar-refractivity contribution in [1.82, 2.24) is 0 Å². The zero-order valence-corrected chi connectivity index (χ0v) is 5.46. The van der Waals surface area contributed by atoms with Crippen molar-refractivity contribution in [2.75, 3.05) is 0 Å². The first kappa shape index (κ1) is 6.30. The molecule has 0 spiro atoms. The van der Waals surface area contributed by atoms with Crippen LogP contribution in [0.4, 0.5) is 0 Å². The Bertz CT molecular complexity index is 187. The highest BCUT2D eigenvalue weighted by Gasteiger charge is 2.07. The third-order valence-corrected chi connectivity index (χ3v) is 1.50. The summed E-state index contributed by atoms with van der Waals surface area (Å²) in [7, 11) is 0. The molecule has 9 heavy (non-hydrogen) atoms. The fourth-order valence-electron chi connectivity index (χ4n) is 0.762. The molecule has 48 valence electrons. The minimum absolute atomic E-state index is 0.463. The topological polar surface area (TPSA) is 20.2 Å². The highest BCUT2D eigenvalue weighted by Crippen LogP contribution is 2.16. The smallest absolute Gasteiger partial charge is 0.0971 e. The van der Waals surface area contributed by atoms with Gasteiger partial charge in [-0.05, 0) is 18.1 Å². The van der Waals surface area contributed by atoms with Crippen molar-refractivity contribution in [3.05, 3.63) is 36.0 Å². The Hall–Kier alpha value is -0.820. The molecule has 1 heteroatoms. The van der Waals surface area contributed by atoms with Crippen LogP contribution in [0.15, 0.2) is 36.0 Å². The third-order valence-electron chi connectivity index (χ3n) is 1.50. The second-order valence-electron chi connectivity index (χ2n) is 2.20. The Labute approximate surface area is 55.0 Å². The highest BCUT2D eigenvalue weighted by atomic mass is 16.3. The Kier molecular flexibility index (Phi) is 1.54. The van der Waals surface area contributed by atoms with E-state index in [1.165, 1.54) is 0 Å². The predicted molar refractivity (Wildman–Crippen MR) is 38.0 cm³/mol. The number of aliphatic hydroxyl groups excluding tert-OH is 1. The molecular weight excluding hydrogens is 112 g/mol. The average Bonchev–Trinajstić information content (AvgIpc) is 1.83. The molecule has 1 aliphatic carbocycles. The summed E-state index contributed by atoms with van der Waals surface area (Å²) < 4.78 is 0. The van der Waals surface area contributed by atoms with Crippen molar-refractivity contribution in [2.45, 2.75) is 13.0 Å². The molecule has 0 aromatic rings. The normalized spacial score (nSPS) is 26.2. The Morgan fingerprint density at radius 3 is 2.78 bits per heavy atom. The van der Waals surface area contributed by atoms with E-state index in [-0.39, 0.29) is 0 Å². The van der Waals surface area contributed by atoms with Crippen LogP contribution in [-0.2, 0) is 0 Å². The van der Waals surface area contributed by atoms with Crippen molar-refractivity contribution < 1.29 is 5.11 Å². The molecule has 1 nitrogen and oxygen atoms in total. The van der Waals surface area contributed by atoms with Gasteiger partial charge in [-0.15, -0.1) is 0 Å². The first-order chi connectivity index (χ1) is 4.22. The molecular formula is C8H10O. The zero-order chi connectivity index (χ0) is 6.85. The summed E-state index contributed by atoms with van der Waals surface area (Å²) >= 11 is 0. The molecule has 0 bridgehead atoms. The molecule has 0 unspecified atom stereocenters. The quantitative estimate of drug-likeness (QED) is 0.515. The van der Waals surface area contributed by atoms with Crippen LogP contribution in [-0.4, -0.2) is 11.2 Å². The molecule has 0 saturated carbocycles. The second-order valence-corrected chi connectivity index (χ2v) is 2.20. The molecule has 1 N–H and O–H groups in total. The maximum absolute atomic E-state index is 9.12. The van der Waals surface area contributed by atoms with Gasteiger partial charge in [-0.25, -0.2) is 0 Å². The molecule has 0 aliphatic heterocycles. The van der Waals surface area contributed by atoms with Gasteiger partial charge >= 0.3 is 0 Å². The number of rotatable bonds is 0.